The van der Waals surface area contributed by atoms with Crippen molar-refractivity contribution in [2.24, 2.45) is 5.92 Å². The Balaban J connectivity index is 1.99. The van der Waals surface area contributed by atoms with Crippen molar-refractivity contribution in [3.05, 3.63) is 30.3 Å². The molecule has 18 heavy (non-hydrogen) atoms. The molecule has 1 saturated carbocycles. The lowest BCUT2D eigenvalue weighted by Crippen LogP contribution is -2.51. The molecule has 0 aromatic heterocycles. The molecule has 0 spiro atoms. The number of para-hydroxylation sites is 1. The summed E-state index contributed by atoms with van der Waals surface area (Å²) in [7, 11) is 0. The first-order valence-corrected chi connectivity index (χ1v) is 6.65. The Morgan fingerprint density at radius 3 is 2.67 bits per heavy atom. The van der Waals surface area contributed by atoms with Crippen molar-refractivity contribution in [1.29, 1.82) is 5.26 Å². The van der Waals surface area contributed by atoms with Gasteiger partial charge in [0.25, 0.3) is 0 Å². The van der Waals surface area contributed by atoms with Gasteiger partial charge in [-0.3, -0.25) is 5.32 Å². The zero-order valence-electron chi connectivity index (χ0n) is 10.9. The average molecular weight is 244 g/mol. The van der Waals surface area contributed by atoms with E-state index in [1.54, 1.807) is 0 Å². The molecule has 0 aliphatic heterocycles. The van der Waals surface area contributed by atoms with Crippen LogP contribution in [0, 0.1) is 17.2 Å². The smallest absolute Gasteiger partial charge is 0.143 e. The Hall–Kier alpha value is -1.53. The molecule has 1 unspecified atom stereocenters. The van der Waals surface area contributed by atoms with Gasteiger partial charge >= 0.3 is 0 Å². The fraction of sp³-hybridized carbons (Fsp3) is 0.533. The number of rotatable bonds is 7. The molecule has 1 aliphatic rings. The van der Waals surface area contributed by atoms with Crippen LogP contribution in [0.5, 0.6) is 5.75 Å². The van der Waals surface area contributed by atoms with Crippen molar-refractivity contribution < 1.29 is 4.74 Å². The van der Waals surface area contributed by atoms with Crippen LogP contribution in [0.15, 0.2) is 30.3 Å². The second kappa shape index (κ2) is 5.88. The zero-order valence-corrected chi connectivity index (χ0v) is 10.9. The van der Waals surface area contributed by atoms with E-state index in [0.29, 0.717) is 12.5 Å². The van der Waals surface area contributed by atoms with E-state index < -0.39 is 5.54 Å². The molecule has 3 heteroatoms. The maximum atomic E-state index is 9.50. The Bertz CT molecular complexity index is 408. The molecule has 2 rings (SSSR count). The van der Waals surface area contributed by atoms with Crippen molar-refractivity contribution in [3.8, 4) is 11.8 Å². The number of benzene rings is 1. The highest BCUT2D eigenvalue weighted by Crippen LogP contribution is 2.39. The van der Waals surface area contributed by atoms with Gasteiger partial charge in [0.1, 0.15) is 17.9 Å². The quantitative estimate of drug-likeness (QED) is 0.802. The fourth-order valence-corrected chi connectivity index (χ4v) is 2.11. The Kier molecular flexibility index (Phi) is 4.22. The third-order valence-corrected chi connectivity index (χ3v) is 3.37. The lowest BCUT2D eigenvalue weighted by molar-refractivity contribution is 0.202. The minimum atomic E-state index is -0.508. The summed E-state index contributed by atoms with van der Waals surface area (Å²) in [4.78, 5) is 0. The van der Waals surface area contributed by atoms with Crippen molar-refractivity contribution in [3.63, 3.8) is 0 Å². The normalized spacial score (nSPS) is 17.8. The van der Waals surface area contributed by atoms with E-state index in [0.717, 1.165) is 31.6 Å². The van der Waals surface area contributed by atoms with Gasteiger partial charge in [0, 0.05) is 0 Å². The average Bonchev–Trinajstić information content (AvgIpc) is 3.26. The molecule has 1 atom stereocenters. The molecular weight excluding hydrogens is 224 g/mol. The van der Waals surface area contributed by atoms with Gasteiger partial charge in [-0.25, -0.2) is 0 Å². The topological polar surface area (TPSA) is 45.0 Å². The molecule has 96 valence electrons. The van der Waals surface area contributed by atoms with Crippen molar-refractivity contribution in [2.75, 3.05) is 13.2 Å². The monoisotopic (exact) mass is 244 g/mol. The summed E-state index contributed by atoms with van der Waals surface area (Å²) >= 11 is 0. The molecule has 1 fully saturated rings. The van der Waals surface area contributed by atoms with Crippen molar-refractivity contribution in [1.82, 2.24) is 5.32 Å². The van der Waals surface area contributed by atoms with E-state index in [9.17, 15) is 5.26 Å². The molecule has 0 heterocycles. The minimum Gasteiger partial charge on any atom is -0.491 e. The highest BCUT2D eigenvalue weighted by molar-refractivity contribution is 5.23. The van der Waals surface area contributed by atoms with Crippen LogP contribution in [0.1, 0.15) is 26.2 Å². The first kappa shape index (κ1) is 12.9. The van der Waals surface area contributed by atoms with Gasteiger partial charge in [0.15, 0.2) is 0 Å². The van der Waals surface area contributed by atoms with Gasteiger partial charge in [-0.15, -0.1) is 0 Å². The van der Waals surface area contributed by atoms with Crippen LogP contribution in [-0.2, 0) is 0 Å². The molecule has 0 saturated heterocycles. The van der Waals surface area contributed by atoms with E-state index in [4.69, 9.17) is 4.74 Å². The van der Waals surface area contributed by atoms with E-state index in [2.05, 4.69) is 18.3 Å². The number of ether oxygens (including phenoxy) is 1. The first-order chi connectivity index (χ1) is 8.80. The summed E-state index contributed by atoms with van der Waals surface area (Å²) in [5.41, 5.74) is -0.508. The third kappa shape index (κ3) is 3.02. The summed E-state index contributed by atoms with van der Waals surface area (Å²) in [6.45, 7) is 3.40. The van der Waals surface area contributed by atoms with Crippen LogP contribution >= 0.6 is 0 Å². The lowest BCUT2D eigenvalue weighted by Gasteiger charge is -2.27. The van der Waals surface area contributed by atoms with Gasteiger partial charge < -0.3 is 4.74 Å². The summed E-state index contributed by atoms with van der Waals surface area (Å²) in [6, 6.07) is 12.1. The number of nitrogens with one attached hydrogen (secondary N) is 1. The van der Waals surface area contributed by atoms with E-state index >= 15 is 0 Å². The Labute approximate surface area is 109 Å². The number of hydrogen-bond acceptors (Lipinski definition) is 3. The maximum Gasteiger partial charge on any atom is 0.143 e. The van der Waals surface area contributed by atoms with Gasteiger partial charge in [-0.05, 0) is 43.9 Å². The molecule has 1 N–H and O–H groups in total. The Morgan fingerprint density at radius 1 is 1.39 bits per heavy atom. The molecule has 1 aromatic carbocycles. The van der Waals surface area contributed by atoms with Gasteiger partial charge in [-0.1, -0.05) is 25.1 Å². The maximum absolute atomic E-state index is 9.50. The largest absolute Gasteiger partial charge is 0.491 e. The molecule has 0 amide bonds. The Morgan fingerprint density at radius 2 is 2.11 bits per heavy atom. The fourth-order valence-electron chi connectivity index (χ4n) is 2.11. The standard InChI is InChI=1S/C15H20N2O/c1-2-10-17-15(11-16,13-8-9-13)12-18-14-6-4-3-5-7-14/h3-7,13,17H,2,8-10,12H2,1H3. The number of nitriles is 1. The van der Waals surface area contributed by atoms with Crippen LogP contribution in [0.3, 0.4) is 0 Å². The van der Waals surface area contributed by atoms with Crippen LogP contribution in [0.2, 0.25) is 0 Å². The van der Waals surface area contributed by atoms with E-state index in [1.165, 1.54) is 0 Å². The van der Waals surface area contributed by atoms with Crippen LogP contribution in [0.25, 0.3) is 0 Å². The third-order valence-electron chi connectivity index (χ3n) is 3.37. The van der Waals surface area contributed by atoms with Crippen molar-refractivity contribution >= 4 is 0 Å². The summed E-state index contributed by atoms with van der Waals surface area (Å²) in [5, 5.41) is 12.9. The highest BCUT2D eigenvalue weighted by atomic mass is 16.5. The van der Waals surface area contributed by atoms with Gasteiger partial charge in [0.2, 0.25) is 0 Å². The van der Waals surface area contributed by atoms with Gasteiger partial charge in [0.05, 0.1) is 6.07 Å². The first-order valence-electron chi connectivity index (χ1n) is 6.65. The predicted molar refractivity (Wildman–Crippen MR) is 71.3 cm³/mol. The predicted octanol–water partition coefficient (Wildman–Crippen LogP) is 2.74. The highest BCUT2D eigenvalue weighted by Gasteiger charge is 2.46. The summed E-state index contributed by atoms with van der Waals surface area (Å²) in [6.07, 6.45) is 3.28. The van der Waals surface area contributed by atoms with Crippen LogP contribution in [-0.4, -0.2) is 18.7 Å². The molecule has 1 aliphatic carbocycles. The number of nitrogens with zero attached hydrogens (tertiary/aromatic N) is 1. The molecular formula is C15H20N2O. The van der Waals surface area contributed by atoms with Crippen molar-refractivity contribution in [2.45, 2.75) is 31.7 Å². The second-order valence-electron chi connectivity index (χ2n) is 4.89. The summed E-state index contributed by atoms with van der Waals surface area (Å²) in [5.74, 6) is 1.27. The number of hydrogen-bond donors (Lipinski definition) is 1. The second-order valence-corrected chi connectivity index (χ2v) is 4.89. The van der Waals surface area contributed by atoms with Gasteiger partial charge in [-0.2, -0.15) is 5.26 Å². The summed E-state index contributed by atoms with van der Waals surface area (Å²) < 4.78 is 5.78. The molecule has 3 nitrogen and oxygen atoms in total. The van der Waals surface area contributed by atoms with E-state index in [-0.39, 0.29) is 0 Å². The van der Waals surface area contributed by atoms with E-state index in [1.807, 2.05) is 30.3 Å². The minimum absolute atomic E-state index is 0.429. The lowest BCUT2D eigenvalue weighted by atomic mass is 9.96. The molecule has 1 aromatic rings. The van der Waals surface area contributed by atoms with Crippen LogP contribution in [0.4, 0.5) is 0 Å². The molecule has 0 bridgehead atoms. The SMILES string of the molecule is CCCNC(C#N)(COc1ccccc1)C1CC1. The zero-order chi connectivity index (χ0) is 12.8. The molecule has 0 radical (unpaired) electrons. The van der Waals surface area contributed by atoms with Crippen LogP contribution < -0.4 is 10.1 Å².